The Morgan fingerprint density at radius 1 is 1.10 bits per heavy atom. The predicted octanol–water partition coefficient (Wildman–Crippen LogP) is 5.13. The summed E-state index contributed by atoms with van der Waals surface area (Å²) in [6.07, 6.45) is 17.3. The first-order chi connectivity index (χ1) is 14.4. The number of nitrogens with one attached hydrogen (secondary N) is 2. The smallest absolute Gasteiger partial charge is 0.0603 e. The second-order valence-electron chi connectivity index (χ2n) is 12.0. The Bertz CT molecular complexity index is 737. The van der Waals surface area contributed by atoms with E-state index >= 15 is 0 Å². The maximum absolute atomic E-state index is 4.57. The summed E-state index contributed by atoms with van der Waals surface area (Å²) in [5.74, 6) is 3.33. The molecule has 168 valence electrons. The zero-order valence-corrected chi connectivity index (χ0v) is 19.8. The fraction of sp³-hybridized carbons (Fsp3) is 0.885. The third-order valence-corrected chi connectivity index (χ3v) is 10.2. The zero-order valence-electron chi connectivity index (χ0n) is 19.8. The van der Waals surface area contributed by atoms with Crippen LogP contribution in [0.5, 0.6) is 0 Å². The van der Waals surface area contributed by atoms with Gasteiger partial charge in [-0.3, -0.25) is 10.00 Å². The molecule has 2 unspecified atom stereocenters. The van der Waals surface area contributed by atoms with Crippen LogP contribution in [0.1, 0.15) is 84.1 Å². The van der Waals surface area contributed by atoms with E-state index in [2.05, 4.69) is 54.3 Å². The lowest BCUT2D eigenvalue weighted by Gasteiger charge is -2.64. The van der Waals surface area contributed by atoms with Gasteiger partial charge < -0.3 is 5.32 Å². The summed E-state index contributed by atoms with van der Waals surface area (Å²) < 4.78 is 2.18. The highest BCUT2D eigenvalue weighted by molar-refractivity contribution is 5.12. The van der Waals surface area contributed by atoms with Gasteiger partial charge in [0.1, 0.15) is 0 Å². The van der Waals surface area contributed by atoms with E-state index < -0.39 is 0 Å². The minimum Gasteiger partial charge on any atom is -0.301 e. The lowest BCUT2D eigenvalue weighted by Crippen LogP contribution is -2.71. The Labute approximate surface area is 184 Å². The third kappa shape index (κ3) is 3.46. The van der Waals surface area contributed by atoms with Crippen LogP contribution in [0.4, 0.5) is 0 Å². The molecule has 0 bridgehead atoms. The molecule has 3 saturated carbocycles. The molecule has 1 saturated heterocycles. The van der Waals surface area contributed by atoms with E-state index in [-0.39, 0.29) is 0 Å². The lowest BCUT2D eigenvalue weighted by molar-refractivity contribution is -0.132. The first-order valence-corrected chi connectivity index (χ1v) is 12.9. The first-order valence-electron chi connectivity index (χ1n) is 12.9. The third-order valence-electron chi connectivity index (χ3n) is 10.2. The van der Waals surface area contributed by atoms with E-state index in [1.165, 1.54) is 69.9 Å². The van der Waals surface area contributed by atoms with Crippen molar-refractivity contribution in [1.82, 2.24) is 20.4 Å². The summed E-state index contributed by atoms with van der Waals surface area (Å²) in [4.78, 5) is 0. The van der Waals surface area contributed by atoms with Crippen molar-refractivity contribution < 1.29 is 0 Å². The maximum atomic E-state index is 4.57. The molecule has 3 aliphatic carbocycles. The van der Waals surface area contributed by atoms with E-state index in [1.807, 2.05) is 6.20 Å². The quantitative estimate of drug-likeness (QED) is 0.720. The Kier molecular flexibility index (Phi) is 5.54. The maximum Gasteiger partial charge on any atom is 0.0603 e. The monoisotopic (exact) mass is 412 g/mol. The number of aryl methyl sites for hydroxylation is 2. The molecule has 0 spiro atoms. The van der Waals surface area contributed by atoms with Crippen LogP contribution in [0.25, 0.3) is 0 Å². The van der Waals surface area contributed by atoms with E-state index in [9.17, 15) is 0 Å². The topological polar surface area (TPSA) is 41.9 Å². The fourth-order valence-corrected chi connectivity index (χ4v) is 8.53. The molecule has 2 heterocycles. The van der Waals surface area contributed by atoms with Crippen LogP contribution >= 0.6 is 0 Å². The number of hydrogen-bond acceptors (Lipinski definition) is 3. The minimum atomic E-state index is 0.392. The Morgan fingerprint density at radius 2 is 1.90 bits per heavy atom. The van der Waals surface area contributed by atoms with Crippen LogP contribution in [0.3, 0.4) is 0 Å². The summed E-state index contributed by atoms with van der Waals surface area (Å²) in [5.41, 5.74) is 2.14. The Morgan fingerprint density at radius 3 is 2.63 bits per heavy atom. The molecule has 0 aromatic carbocycles. The highest BCUT2D eigenvalue weighted by Crippen LogP contribution is 2.62. The second kappa shape index (κ2) is 7.92. The van der Waals surface area contributed by atoms with Crippen LogP contribution < -0.4 is 10.6 Å². The van der Waals surface area contributed by atoms with Crippen molar-refractivity contribution in [2.45, 2.75) is 104 Å². The van der Waals surface area contributed by atoms with Gasteiger partial charge in [-0.2, -0.15) is 5.10 Å². The van der Waals surface area contributed by atoms with Crippen molar-refractivity contribution in [2.24, 2.45) is 34.5 Å². The molecule has 0 radical (unpaired) electrons. The van der Waals surface area contributed by atoms with Gasteiger partial charge in [0, 0.05) is 25.3 Å². The largest absolute Gasteiger partial charge is 0.301 e. The van der Waals surface area contributed by atoms with Gasteiger partial charge in [0.15, 0.2) is 0 Å². The molecular formula is C26H44N4. The highest BCUT2D eigenvalue weighted by Gasteiger charge is 2.59. The second-order valence-corrected chi connectivity index (χ2v) is 12.0. The number of rotatable bonds is 4. The van der Waals surface area contributed by atoms with Gasteiger partial charge in [0.25, 0.3) is 0 Å². The molecular weight excluding hydrogens is 368 g/mol. The van der Waals surface area contributed by atoms with E-state index in [1.54, 1.807) is 0 Å². The van der Waals surface area contributed by atoms with Crippen LogP contribution in [0.15, 0.2) is 12.4 Å². The molecule has 30 heavy (non-hydrogen) atoms. The van der Waals surface area contributed by atoms with Crippen molar-refractivity contribution in [3.63, 3.8) is 0 Å². The van der Waals surface area contributed by atoms with Gasteiger partial charge in [-0.25, -0.2) is 0 Å². The zero-order chi connectivity index (χ0) is 20.9. The molecule has 1 aromatic heterocycles. The molecule has 2 N–H and O–H groups in total. The summed E-state index contributed by atoms with van der Waals surface area (Å²) in [5, 5.41) is 12.7. The molecule has 1 aromatic rings. The predicted molar refractivity (Wildman–Crippen MR) is 123 cm³/mol. The molecule has 7 atom stereocenters. The van der Waals surface area contributed by atoms with Crippen molar-refractivity contribution in [3.8, 4) is 0 Å². The van der Waals surface area contributed by atoms with Crippen LogP contribution in [-0.2, 0) is 6.54 Å². The molecule has 4 fully saturated rings. The van der Waals surface area contributed by atoms with Crippen molar-refractivity contribution in [1.29, 1.82) is 0 Å². The fourth-order valence-electron chi connectivity index (χ4n) is 8.53. The molecule has 4 aliphatic rings. The molecule has 1 aliphatic heterocycles. The number of aromatic nitrogens is 2. The van der Waals surface area contributed by atoms with Crippen molar-refractivity contribution in [3.05, 3.63) is 18.0 Å². The SMILES string of the molecule is Cc1cnn(CC[C@@H]2C(C)CCC3[C@]4(C)CN[C@@H](C5CCCC5)N[C@@H]4CC[C@]32C)c1. The van der Waals surface area contributed by atoms with E-state index in [0.29, 0.717) is 23.0 Å². The number of nitrogens with zero attached hydrogens (tertiary/aromatic N) is 2. The number of fused-ring (bicyclic) bond motifs is 3. The van der Waals surface area contributed by atoms with Gasteiger partial charge in [0.05, 0.1) is 12.4 Å². The lowest BCUT2D eigenvalue weighted by atomic mass is 9.44. The molecule has 4 nitrogen and oxygen atoms in total. The summed E-state index contributed by atoms with van der Waals surface area (Å²) in [6.45, 7) is 12.2. The summed E-state index contributed by atoms with van der Waals surface area (Å²) in [6, 6.07) is 0.699. The number of hydrogen-bond donors (Lipinski definition) is 2. The van der Waals surface area contributed by atoms with Crippen LogP contribution in [-0.4, -0.2) is 28.5 Å². The summed E-state index contributed by atoms with van der Waals surface area (Å²) in [7, 11) is 0. The summed E-state index contributed by atoms with van der Waals surface area (Å²) >= 11 is 0. The van der Waals surface area contributed by atoms with Gasteiger partial charge in [-0.1, -0.05) is 40.0 Å². The average Bonchev–Trinajstić information content (AvgIpc) is 3.39. The Hall–Kier alpha value is -0.870. The van der Waals surface area contributed by atoms with Gasteiger partial charge in [0.2, 0.25) is 0 Å². The van der Waals surface area contributed by atoms with Gasteiger partial charge >= 0.3 is 0 Å². The van der Waals surface area contributed by atoms with Crippen molar-refractivity contribution >= 4 is 0 Å². The van der Waals surface area contributed by atoms with Crippen molar-refractivity contribution in [2.75, 3.05) is 6.54 Å². The average molecular weight is 413 g/mol. The van der Waals surface area contributed by atoms with Gasteiger partial charge in [-0.05, 0) is 85.5 Å². The van der Waals surface area contributed by atoms with Gasteiger partial charge in [-0.15, -0.1) is 0 Å². The highest BCUT2D eigenvalue weighted by atomic mass is 15.3. The van der Waals surface area contributed by atoms with Crippen LogP contribution in [0.2, 0.25) is 0 Å². The van der Waals surface area contributed by atoms with E-state index in [0.717, 1.165) is 30.2 Å². The Balaban J connectivity index is 1.32. The molecule has 0 amide bonds. The molecule has 4 heteroatoms. The van der Waals surface area contributed by atoms with E-state index in [4.69, 9.17) is 0 Å². The minimum absolute atomic E-state index is 0.392. The first kappa shape index (κ1) is 21.0. The molecule has 5 rings (SSSR count). The van der Waals surface area contributed by atoms with Crippen LogP contribution in [0, 0.1) is 41.4 Å². The normalized spacial score (nSPS) is 44.6. The standard InChI is InChI=1S/C26H44N4/c1-18-15-28-30(16-18)14-12-21-19(2)9-10-22-25(21,3)13-11-23-26(22,4)17-27-24(29-23)20-7-5-6-8-20/h15-16,19-24,27,29H,5-14,17H2,1-4H3/t19?,21-,22?,23-,24-,25+,26+/m1/s1.